The van der Waals surface area contributed by atoms with E-state index >= 15 is 0 Å². The van der Waals surface area contributed by atoms with E-state index in [0.717, 1.165) is 109 Å². The monoisotopic (exact) mass is 961 g/mol. The molecule has 0 bridgehead atoms. The van der Waals surface area contributed by atoms with Crippen LogP contribution in [-0.2, 0) is 28.6 Å². The summed E-state index contributed by atoms with van der Waals surface area (Å²) in [4.78, 5) is 38.0. The molecule has 0 aliphatic heterocycles. The molecule has 0 aromatic carbocycles. The lowest BCUT2D eigenvalue weighted by Gasteiger charge is -2.18. The molecule has 0 aromatic rings. The Hall–Kier alpha value is -3.41. The van der Waals surface area contributed by atoms with Crippen LogP contribution in [-0.4, -0.2) is 37.2 Å². The lowest BCUT2D eigenvalue weighted by molar-refractivity contribution is -0.167. The summed E-state index contributed by atoms with van der Waals surface area (Å²) in [5.41, 5.74) is 0. The molecule has 0 amide bonds. The Morgan fingerprint density at radius 2 is 0.565 bits per heavy atom. The van der Waals surface area contributed by atoms with E-state index in [2.05, 4.69) is 106 Å². The fourth-order valence-corrected chi connectivity index (χ4v) is 8.10. The molecule has 6 heteroatoms. The van der Waals surface area contributed by atoms with Crippen molar-refractivity contribution in [3.63, 3.8) is 0 Å². The second-order valence-corrected chi connectivity index (χ2v) is 19.1. The van der Waals surface area contributed by atoms with Crippen molar-refractivity contribution in [1.82, 2.24) is 0 Å². The van der Waals surface area contributed by atoms with Crippen molar-refractivity contribution in [3.8, 4) is 0 Å². The minimum Gasteiger partial charge on any atom is -0.462 e. The first-order valence-corrected chi connectivity index (χ1v) is 29.1. The van der Waals surface area contributed by atoms with Gasteiger partial charge in [0.1, 0.15) is 13.2 Å². The molecule has 0 saturated carbocycles. The van der Waals surface area contributed by atoms with Gasteiger partial charge < -0.3 is 14.2 Å². The highest BCUT2D eigenvalue weighted by Gasteiger charge is 2.19. The summed E-state index contributed by atoms with van der Waals surface area (Å²) in [5.74, 6) is -0.912. The number of hydrogen-bond donors (Lipinski definition) is 0. The average Bonchev–Trinajstić information content (AvgIpc) is 3.35. The molecule has 1 atom stereocenters. The zero-order chi connectivity index (χ0) is 50.0. The maximum absolute atomic E-state index is 12.8. The third-order valence-corrected chi connectivity index (χ3v) is 12.4. The van der Waals surface area contributed by atoms with Gasteiger partial charge in [-0.3, -0.25) is 14.4 Å². The van der Waals surface area contributed by atoms with E-state index in [1.807, 2.05) is 0 Å². The van der Waals surface area contributed by atoms with Crippen LogP contribution in [0.1, 0.15) is 278 Å². The van der Waals surface area contributed by atoms with Crippen molar-refractivity contribution in [2.75, 3.05) is 13.2 Å². The van der Waals surface area contributed by atoms with Crippen molar-refractivity contribution in [2.24, 2.45) is 0 Å². The van der Waals surface area contributed by atoms with E-state index in [1.165, 1.54) is 128 Å². The SMILES string of the molecule is CC/C=C\C/C=C\C/C=C\C/C=C\CCCCCCCCCCCCCCCCCCC(=O)OCC(COC(=O)CCCCCCCCCCC)OC(=O)CCCCC/C=C\C/C=C\C/C=C\CC. The topological polar surface area (TPSA) is 78.9 Å². The molecule has 0 fully saturated rings. The first-order chi connectivity index (χ1) is 34.0. The smallest absolute Gasteiger partial charge is 0.306 e. The minimum absolute atomic E-state index is 0.0853. The van der Waals surface area contributed by atoms with E-state index in [9.17, 15) is 14.4 Å². The van der Waals surface area contributed by atoms with Crippen LogP contribution in [0.2, 0.25) is 0 Å². The fourth-order valence-electron chi connectivity index (χ4n) is 8.10. The van der Waals surface area contributed by atoms with Gasteiger partial charge in [-0.05, 0) is 89.9 Å². The van der Waals surface area contributed by atoms with Gasteiger partial charge in [-0.15, -0.1) is 0 Å². The van der Waals surface area contributed by atoms with E-state index in [0.29, 0.717) is 19.3 Å². The minimum atomic E-state index is -0.787. The normalized spacial score (nSPS) is 12.7. The number of ether oxygens (including phenoxy) is 3. The predicted molar refractivity (Wildman–Crippen MR) is 297 cm³/mol. The van der Waals surface area contributed by atoms with Gasteiger partial charge >= 0.3 is 17.9 Å². The van der Waals surface area contributed by atoms with Crippen LogP contribution in [0.25, 0.3) is 0 Å². The van der Waals surface area contributed by atoms with Crippen LogP contribution in [0.5, 0.6) is 0 Å². The number of carbonyl (C=O) groups is 3. The maximum atomic E-state index is 12.8. The lowest BCUT2D eigenvalue weighted by atomic mass is 10.0. The average molecular weight is 962 g/mol. The molecule has 0 aromatic heterocycles. The van der Waals surface area contributed by atoms with E-state index in [1.54, 1.807) is 0 Å². The molecule has 0 saturated heterocycles. The van der Waals surface area contributed by atoms with Gasteiger partial charge in [0.25, 0.3) is 0 Å². The Morgan fingerprint density at radius 3 is 0.899 bits per heavy atom. The van der Waals surface area contributed by atoms with Crippen LogP contribution < -0.4 is 0 Å². The van der Waals surface area contributed by atoms with Gasteiger partial charge in [-0.25, -0.2) is 0 Å². The Kier molecular flexibility index (Phi) is 54.3. The van der Waals surface area contributed by atoms with E-state index < -0.39 is 6.10 Å². The summed E-state index contributed by atoms with van der Waals surface area (Å²) < 4.78 is 16.8. The van der Waals surface area contributed by atoms with Crippen LogP contribution in [0.3, 0.4) is 0 Å². The number of carbonyl (C=O) groups excluding carboxylic acids is 3. The van der Waals surface area contributed by atoms with Gasteiger partial charge in [-0.1, -0.05) is 254 Å². The summed E-state index contributed by atoms with van der Waals surface area (Å²) in [6.45, 7) is 6.38. The second-order valence-electron chi connectivity index (χ2n) is 19.1. The maximum Gasteiger partial charge on any atom is 0.306 e. The van der Waals surface area contributed by atoms with Crippen molar-refractivity contribution < 1.29 is 28.6 Å². The summed E-state index contributed by atoms with van der Waals surface area (Å²) >= 11 is 0. The van der Waals surface area contributed by atoms with Gasteiger partial charge in [0, 0.05) is 19.3 Å². The first kappa shape index (κ1) is 65.6. The zero-order valence-corrected chi connectivity index (χ0v) is 45.3. The highest BCUT2D eigenvalue weighted by molar-refractivity contribution is 5.71. The highest BCUT2D eigenvalue weighted by atomic mass is 16.6. The van der Waals surface area contributed by atoms with Gasteiger partial charge in [-0.2, -0.15) is 0 Å². The van der Waals surface area contributed by atoms with Gasteiger partial charge in [0.2, 0.25) is 0 Å². The number of rotatable bonds is 52. The summed E-state index contributed by atoms with van der Waals surface area (Å²) in [6, 6.07) is 0. The van der Waals surface area contributed by atoms with Gasteiger partial charge in [0.05, 0.1) is 0 Å². The number of esters is 3. The van der Waals surface area contributed by atoms with E-state index in [-0.39, 0.29) is 31.1 Å². The van der Waals surface area contributed by atoms with Crippen LogP contribution in [0.4, 0.5) is 0 Å². The Labute approximate surface area is 426 Å². The number of allylic oxidation sites excluding steroid dienone is 14. The molecular formula is C63H108O6. The molecule has 0 N–H and O–H groups in total. The van der Waals surface area contributed by atoms with Crippen molar-refractivity contribution in [2.45, 2.75) is 284 Å². The fraction of sp³-hybridized carbons (Fsp3) is 0.730. The molecule has 0 spiro atoms. The van der Waals surface area contributed by atoms with Crippen molar-refractivity contribution in [3.05, 3.63) is 85.1 Å². The van der Waals surface area contributed by atoms with Crippen LogP contribution in [0.15, 0.2) is 85.1 Å². The Morgan fingerprint density at radius 1 is 0.304 bits per heavy atom. The third-order valence-electron chi connectivity index (χ3n) is 12.4. The molecule has 0 heterocycles. The molecule has 0 aliphatic carbocycles. The van der Waals surface area contributed by atoms with E-state index in [4.69, 9.17) is 14.2 Å². The molecule has 69 heavy (non-hydrogen) atoms. The Bertz CT molecular complexity index is 1330. The predicted octanol–water partition coefficient (Wildman–Crippen LogP) is 19.5. The zero-order valence-electron chi connectivity index (χ0n) is 45.3. The molecule has 396 valence electrons. The number of hydrogen-bond acceptors (Lipinski definition) is 6. The lowest BCUT2D eigenvalue weighted by Crippen LogP contribution is -2.30. The third kappa shape index (κ3) is 55.4. The standard InChI is InChI=1S/C63H108O6/c1-4-7-10-13-16-19-21-23-24-25-26-27-28-29-30-31-32-33-34-35-36-37-38-40-41-44-47-50-53-56-62(65)68-59-60(58-67-61(64)55-52-49-46-43-18-15-12-9-6-3)69-63(66)57-54-51-48-45-42-39-22-20-17-14-11-8-5-2/h7-8,10-11,16-17,19-20,23-24,26-27,39,42,60H,4-6,9,12-15,18,21-22,25,28-38,40-41,43-59H2,1-3H3/b10-7-,11-8-,19-16-,20-17-,24-23-,27-26-,42-39-. The second kappa shape index (κ2) is 57.2. The summed E-state index contributed by atoms with van der Waals surface area (Å²) in [6.07, 6.45) is 74.6. The largest absolute Gasteiger partial charge is 0.462 e. The quantitative estimate of drug-likeness (QED) is 0.0262. The molecule has 6 nitrogen and oxygen atoms in total. The summed E-state index contributed by atoms with van der Waals surface area (Å²) in [7, 11) is 0. The van der Waals surface area contributed by atoms with Crippen LogP contribution >= 0.6 is 0 Å². The first-order valence-electron chi connectivity index (χ1n) is 29.1. The molecule has 1 unspecified atom stereocenters. The van der Waals surface area contributed by atoms with Crippen molar-refractivity contribution in [1.29, 1.82) is 0 Å². The molecule has 0 radical (unpaired) electrons. The number of unbranched alkanes of at least 4 members (excludes halogenated alkanes) is 27. The van der Waals surface area contributed by atoms with Gasteiger partial charge in [0.15, 0.2) is 6.10 Å². The van der Waals surface area contributed by atoms with Crippen molar-refractivity contribution >= 4 is 17.9 Å². The highest BCUT2D eigenvalue weighted by Crippen LogP contribution is 2.16. The molecule has 0 aliphatic rings. The Balaban J connectivity index is 4.12. The summed E-state index contributed by atoms with van der Waals surface area (Å²) in [5, 5.41) is 0. The van der Waals surface area contributed by atoms with Crippen LogP contribution in [0, 0.1) is 0 Å². The molecular weight excluding hydrogens is 853 g/mol. The molecule has 0 rings (SSSR count).